The summed E-state index contributed by atoms with van der Waals surface area (Å²) >= 11 is 0. The molecule has 0 bridgehead atoms. The molecule has 2 heterocycles. The average Bonchev–Trinajstić information content (AvgIpc) is 3.04. The van der Waals surface area contributed by atoms with Crippen LogP contribution < -0.4 is 10.2 Å². The maximum absolute atomic E-state index is 12.7. The van der Waals surface area contributed by atoms with Crippen molar-refractivity contribution in [2.24, 2.45) is 0 Å². The number of anilines is 3. The molecule has 3 aromatic rings. The van der Waals surface area contributed by atoms with Gasteiger partial charge in [0.05, 0.1) is 0 Å². The smallest absolute Gasteiger partial charge is 0.274 e. The van der Waals surface area contributed by atoms with Gasteiger partial charge in [-0.15, -0.1) is 0 Å². The first-order chi connectivity index (χ1) is 13.5. The number of hydrogen-bond donors (Lipinski definition) is 1. The number of nitrogens with one attached hydrogen (secondary N) is 1. The highest BCUT2D eigenvalue weighted by Crippen LogP contribution is 2.38. The van der Waals surface area contributed by atoms with Crippen LogP contribution in [0.25, 0.3) is 0 Å². The number of rotatable bonds is 4. The predicted octanol–water partition coefficient (Wildman–Crippen LogP) is 4.62. The van der Waals surface area contributed by atoms with E-state index in [2.05, 4.69) is 40.3 Å². The largest absolute Gasteiger partial charge is 0.338 e. The molecule has 5 nitrogen and oxygen atoms in total. The van der Waals surface area contributed by atoms with Crippen LogP contribution in [0.15, 0.2) is 66.9 Å². The molecule has 28 heavy (non-hydrogen) atoms. The normalized spacial score (nSPS) is 15.2. The van der Waals surface area contributed by atoms with Gasteiger partial charge < -0.3 is 10.2 Å². The molecule has 5 heteroatoms. The Kier molecular flexibility index (Phi) is 4.65. The highest BCUT2D eigenvalue weighted by atomic mass is 16.2. The summed E-state index contributed by atoms with van der Waals surface area (Å²) in [5, 5.41) is 2.84. The van der Waals surface area contributed by atoms with E-state index in [9.17, 15) is 9.59 Å². The molecule has 0 radical (unpaired) electrons. The van der Waals surface area contributed by atoms with E-state index < -0.39 is 0 Å². The van der Waals surface area contributed by atoms with Crippen molar-refractivity contribution in [3.05, 3.63) is 83.7 Å². The van der Waals surface area contributed by atoms with Crippen molar-refractivity contribution in [3.8, 4) is 0 Å². The molecule has 2 aromatic carbocycles. The van der Waals surface area contributed by atoms with Gasteiger partial charge in [-0.2, -0.15) is 0 Å². The zero-order chi connectivity index (χ0) is 19.7. The number of para-hydroxylation sites is 1. The Morgan fingerprint density at radius 2 is 1.82 bits per heavy atom. The number of nitrogens with zero attached hydrogens (tertiary/aromatic N) is 2. The molecule has 1 unspecified atom stereocenters. The van der Waals surface area contributed by atoms with Crippen LogP contribution in [-0.2, 0) is 6.42 Å². The maximum Gasteiger partial charge on any atom is 0.274 e. The van der Waals surface area contributed by atoms with Crippen LogP contribution in [0.3, 0.4) is 0 Å². The molecule has 1 amide bonds. The third kappa shape index (κ3) is 3.39. The minimum absolute atomic E-state index is 0.00717. The number of ketones is 1. The van der Waals surface area contributed by atoms with Gasteiger partial charge in [0, 0.05) is 34.9 Å². The summed E-state index contributed by atoms with van der Waals surface area (Å²) in [4.78, 5) is 30.5. The Labute approximate surface area is 164 Å². The number of carbonyl (C=O) groups is 2. The van der Waals surface area contributed by atoms with Crippen molar-refractivity contribution in [3.63, 3.8) is 0 Å². The second-order valence-electron chi connectivity index (χ2n) is 7.04. The van der Waals surface area contributed by atoms with Crippen LogP contribution >= 0.6 is 0 Å². The van der Waals surface area contributed by atoms with Crippen LogP contribution in [0, 0.1) is 0 Å². The first-order valence-corrected chi connectivity index (χ1v) is 9.28. The lowest BCUT2D eigenvalue weighted by Crippen LogP contribution is -2.24. The van der Waals surface area contributed by atoms with Crippen LogP contribution in [0.2, 0.25) is 0 Å². The topological polar surface area (TPSA) is 62.3 Å². The van der Waals surface area contributed by atoms with Gasteiger partial charge in [-0.25, -0.2) is 0 Å². The fourth-order valence-corrected chi connectivity index (χ4v) is 3.64. The molecule has 0 aliphatic carbocycles. The predicted molar refractivity (Wildman–Crippen MR) is 110 cm³/mol. The summed E-state index contributed by atoms with van der Waals surface area (Å²) in [6.45, 7) is 3.69. The fraction of sp³-hybridized carbons (Fsp3) is 0.174. The van der Waals surface area contributed by atoms with Crippen molar-refractivity contribution in [1.82, 2.24) is 4.98 Å². The monoisotopic (exact) mass is 371 g/mol. The van der Waals surface area contributed by atoms with Crippen LogP contribution in [0.4, 0.5) is 17.1 Å². The van der Waals surface area contributed by atoms with Gasteiger partial charge in [0.25, 0.3) is 5.91 Å². The second kappa shape index (κ2) is 7.27. The average molecular weight is 371 g/mol. The van der Waals surface area contributed by atoms with E-state index in [0.29, 0.717) is 23.0 Å². The van der Waals surface area contributed by atoms with Gasteiger partial charge in [-0.1, -0.05) is 18.2 Å². The number of hydrogen-bond acceptors (Lipinski definition) is 4. The number of fused-ring (bicyclic) bond motifs is 1. The van der Waals surface area contributed by atoms with E-state index in [0.717, 1.165) is 12.1 Å². The van der Waals surface area contributed by atoms with Crippen molar-refractivity contribution in [1.29, 1.82) is 0 Å². The zero-order valence-electron chi connectivity index (χ0n) is 15.8. The second-order valence-corrected chi connectivity index (χ2v) is 7.04. The lowest BCUT2D eigenvalue weighted by Gasteiger charge is -2.25. The highest BCUT2D eigenvalue weighted by molar-refractivity contribution is 6.04. The molecule has 1 atom stereocenters. The molecule has 1 aromatic heterocycles. The van der Waals surface area contributed by atoms with E-state index in [4.69, 9.17) is 0 Å². The molecule has 0 spiro atoms. The van der Waals surface area contributed by atoms with Crippen LogP contribution in [0.5, 0.6) is 0 Å². The number of Topliss-reactive ketones (excluding diaryl/α,β-unsaturated/α-hetero) is 1. The first kappa shape index (κ1) is 17.9. The molecule has 1 aliphatic heterocycles. The SMILES string of the molecule is CC(=O)c1ccc(NC(=O)c2cc(N3c4ccccc4CC3C)ccn2)cc1. The third-order valence-corrected chi connectivity index (χ3v) is 5.01. The number of aromatic nitrogens is 1. The minimum atomic E-state index is -0.280. The van der Waals surface area contributed by atoms with E-state index in [1.807, 2.05) is 18.2 Å². The Morgan fingerprint density at radius 1 is 1.07 bits per heavy atom. The molecule has 4 rings (SSSR count). The molecular weight excluding hydrogens is 350 g/mol. The van der Waals surface area contributed by atoms with E-state index >= 15 is 0 Å². The lowest BCUT2D eigenvalue weighted by molar-refractivity contribution is 0.101. The summed E-state index contributed by atoms with van der Waals surface area (Å²) < 4.78 is 0. The Balaban J connectivity index is 1.57. The summed E-state index contributed by atoms with van der Waals surface area (Å²) in [7, 11) is 0. The van der Waals surface area contributed by atoms with Crippen LogP contribution in [0.1, 0.15) is 40.3 Å². The lowest BCUT2D eigenvalue weighted by atomic mass is 10.1. The zero-order valence-corrected chi connectivity index (χ0v) is 15.8. The van der Waals surface area contributed by atoms with Crippen molar-refractivity contribution in [2.45, 2.75) is 26.3 Å². The van der Waals surface area contributed by atoms with Gasteiger partial charge >= 0.3 is 0 Å². The van der Waals surface area contributed by atoms with Crippen molar-refractivity contribution in [2.75, 3.05) is 10.2 Å². The summed E-state index contributed by atoms with van der Waals surface area (Å²) in [6, 6.07) is 19.2. The van der Waals surface area contributed by atoms with Gasteiger partial charge in [0.15, 0.2) is 5.78 Å². The number of benzene rings is 2. The van der Waals surface area contributed by atoms with Gasteiger partial charge in [0.1, 0.15) is 5.69 Å². The number of amides is 1. The van der Waals surface area contributed by atoms with Gasteiger partial charge in [-0.3, -0.25) is 14.6 Å². The number of pyridine rings is 1. The molecule has 140 valence electrons. The Bertz CT molecular complexity index is 1040. The van der Waals surface area contributed by atoms with Gasteiger partial charge in [0.2, 0.25) is 0 Å². The summed E-state index contributed by atoms with van der Waals surface area (Å²) in [5.41, 5.74) is 5.02. The molecule has 0 fully saturated rings. The van der Waals surface area contributed by atoms with Crippen LogP contribution in [-0.4, -0.2) is 22.7 Å². The fourth-order valence-electron chi connectivity index (χ4n) is 3.64. The highest BCUT2D eigenvalue weighted by Gasteiger charge is 2.27. The van der Waals surface area contributed by atoms with Gasteiger partial charge in [-0.05, 0) is 68.3 Å². The summed E-state index contributed by atoms with van der Waals surface area (Å²) in [5.74, 6) is -0.287. The quantitative estimate of drug-likeness (QED) is 0.680. The molecule has 0 saturated heterocycles. The number of carbonyl (C=O) groups excluding carboxylic acids is 2. The molecule has 1 aliphatic rings. The Morgan fingerprint density at radius 3 is 2.57 bits per heavy atom. The summed E-state index contributed by atoms with van der Waals surface area (Å²) in [6.07, 6.45) is 2.64. The van der Waals surface area contributed by atoms with Crippen molar-refractivity contribution >= 4 is 28.8 Å². The minimum Gasteiger partial charge on any atom is -0.338 e. The molecule has 0 saturated carbocycles. The molecule has 1 N–H and O–H groups in total. The first-order valence-electron chi connectivity index (χ1n) is 9.28. The van der Waals surface area contributed by atoms with E-state index in [1.165, 1.54) is 18.2 Å². The van der Waals surface area contributed by atoms with Crippen molar-refractivity contribution < 1.29 is 9.59 Å². The molecular formula is C23H21N3O2. The Hall–Kier alpha value is -3.47. The standard InChI is InChI=1S/C23H21N3O2/c1-15-13-18-5-3-4-6-22(18)26(15)20-11-12-24-21(14-20)23(28)25-19-9-7-17(8-10-19)16(2)27/h3-12,14-15H,13H2,1-2H3,(H,25,28). The third-order valence-electron chi connectivity index (χ3n) is 5.01. The van der Waals surface area contributed by atoms with E-state index in [1.54, 1.807) is 30.5 Å². The van der Waals surface area contributed by atoms with E-state index in [-0.39, 0.29) is 11.7 Å². The maximum atomic E-state index is 12.7.